The Morgan fingerprint density at radius 3 is 2.47 bits per heavy atom. The molecule has 1 aromatic rings. The van der Waals surface area contributed by atoms with Crippen LogP contribution in [0.5, 0.6) is 0 Å². The minimum absolute atomic E-state index is 0.460. The minimum Gasteiger partial charge on any atom is -0.307 e. The van der Waals surface area contributed by atoms with Gasteiger partial charge in [0.15, 0.2) is 0 Å². The first-order valence-corrected chi connectivity index (χ1v) is 8.83. The second kappa shape index (κ2) is 7.35. The molecule has 0 aliphatic heterocycles. The summed E-state index contributed by atoms with van der Waals surface area (Å²) in [6.45, 7) is 4.71. The first-order valence-electron chi connectivity index (χ1n) is 7.60. The molecule has 1 nitrogen and oxygen atoms in total. The van der Waals surface area contributed by atoms with Crippen LogP contribution in [0.15, 0.2) is 29.2 Å². The minimum atomic E-state index is 0.460. The number of nitrogens with one attached hydrogen (secondary N) is 1. The molecule has 1 N–H and O–H groups in total. The van der Waals surface area contributed by atoms with Crippen LogP contribution in [0.4, 0.5) is 0 Å². The van der Waals surface area contributed by atoms with Gasteiger partial charge in [0.25, 0.3) is 0 Å². The smallest absolute Gasteiger partial charge is 0.0294 e. The van der Waals surface area contributed by atoms with Crippen molar-refractivity contribution < 1.29 is 0 Å². The molecule has 1 fully saturated rings. The van der Waals surface area contributed by atoms with Gasteiger partial charge in [-0.1, -0.05) is 38.3 Å². The Bertz CT molecular complexity index is 373. The Morgan fingerprint density at radius 1 is 1.11 bits per heavy atom. The first-order chi connectivity index (χ1) is 9.20. The van der Waals surface area contributed by atoms with Gasteiger partial charge in [-0.3, -0.25) is 0 Å². The average molecular weight is 277 g/mol. The van der Waals surface area contributed by atoms with Crippen LogP contribution in [-0.4, -0.2) is 12.3 Å². The second-order valence-electron chi connectivity index (χ2n) is 5.88. The maximum absolute atomic E-state index is 3.86. The van der Waals surface area contributed by atoms with Crippen molar-refractivity contribution in [3.63, 3.8) is 0 Å². The highest BCUT2D eigenvalue weighted by Gasteiger charge is 2.21. The molecule has 0 saturated heterocycles. The van der Waals surface area contributed by atoms with Crippen molar-refractivity contribution in [2.75, 3.05) is 6.26 Å². The van der Waals surface area contributed by atoms with E-state index >= 15 is 0 Å². The van der Waals surface area contributed by atoms with Crippen molar-refractivity contribution >= 4 is 11.8 Å². The van der Waals surface area contributed by atoms with Gasteiger partial charge in [-0.25, -0.2) is 0 Å². The molecule has 0 radical (unpaired) electrons. The van der Waals surface area contributed by atoms with E-state index in [9.17, 15) is 0 Å². The third-order valence-electron chi connectivity index (χ3n) is 4.44. The van der Waals surface area contributed by atoms with Crippen LogP contribution < -0.4 is 5.32 Å². The number of hydrogen-bond donors (Lipinski definition) is 1. The van der Waals surface area contributed by atoms with Crippen LogP contribution in [0.2, 0.25) is 0 Å². The van der Waals surface area contributed by atoms with E-state index in [1.165, 1.54) is 42.6 Å². The predicted octanol–water partition coefficient (Wildman–Crippen LogP) is 5.03. The van der Waals surface area contributed by atoms with Crippen molar-refractivity contribution in [1.82, 2.24) is 5.32 Å². The summed E-state index contributed by atoms with van der Waals surface area (Å²) in [6.07, 6.45) is 9.07. The van der Waals surface area contributed by atoms with Gasteiger partial charge in [-0.2, -0.15) is 0 Å². The van der Waals surface area contributed by atoms with E-state index in [1.807, 2.05) is 11.8 Å². The van der Waals surface area contributed by atoms with E-state index < -0.39 is 0 Å². The highest BCUT2D eigenvalue weighted by atomic mass is 32.2. The molecule has 2 heteroatoms. The van der Waals surface area contributed by atoms with Gasteiger partial charge in [-0.15, -0.1) is 11.8 Å². The summed E-state index contributed by atoms with van der Waals surface area (Å²) in [5.41, 5.74) is 1.41. The lowest BCUT2D eigenvalue weighted by Gasteiger charge is -2.27. The lowest BCUT2D eigenvalue weighted by molar-refractivity contribution is 0.330. The van der Waals surface area contributed by atoms with E-state index in [1.54, 1.807) is 0 Å². The van der Waals surface area contributed by atoms with Crippen molar-refractivity contribution in [1.29, 1.82) is 0 Å². The molecule has 3 unspecified atom stereocenters. The molecule has 0 aromatic heterocycles. The number of benzene rings is 1. The average Bonchev–Trinajstić information content (AvgIpc) is 2.64. The fraction of sp³-hybridized carbons (Fsp3) is 0.647. The molecule has 0 amide bonds. The van der Waals surface area contributed by atoms with Gasteiger partial charge in [0.05, 0.1) is 0 Å². The highest BCUT2D eigenvalue weighted by molar-refractivity contribution is 7.98. The SMILES string of the molecule is CSc1ccc(C(C)NC2CCCCCC2C)cc1. The molecule has 3 atom stereocenters. The van der Waals surface area contributed by atoms with E-state index in [4.69, 9.17) is 0 Å². The molecule has 19 heavy (non-hydrogen) atoms. The van der Waals surface area contributed by atoms with Crippen molar-refractivity contribution in [3.8, 4) is 0 Å². The molecule has 0 spiro atoms. The normalized spacial score (nSPS) is 25.8. The predicted molar refractivity (Wildman–Crippen MR) is 85.8 cm³/mol. The molecule has 1 aliphatic rings. The van der Waals surface area contributed by atoms with Gasteiger partial charge in [0.1, 0.15) is 0 Å². The molecule has 1 aromatic carbocycles. The fourth-order valence-corrected chi connectivity index (χ4v) is 3.46. The highest BCUT2D eigenvalue weighted by Crippen LogP contribution is 2.26. The van der Waals surface area contributed by atoms with Crippen LogP contribution in [0.1, 0.15) is 57.6 Å². The lowest BCUT2D eigenvalue weighted by atomic mass is 9.95. The lowest BCUT2D eigenvalue weighted by Crippen LogP contribution is -2.36. The second-order valence-corrected chi connectivity index (χ2v) is 6.76. The quantitative estimate of drug-likeness (QED) is 0.612. The third-order valence-corrected chi connectivity index (χ3v) is 5.18. The zero-order valence-electron chi connectivity index (χ0n) is 12.5. The van der Waals surface area contributed by atoms with Crippen molar-refractivity contribution in [3.05, 3.63) is 29.8 Å². The largest absolute Gasteiger partial charge is 0.307 e. The zero-order chi connectivity index (χ0) is 13.7. The van der Waals surface area contributed by atoms with Crippen LogP contribution in [0, 0.1) is 5.92 Å². The molecule has 0 heterocycles. The summed E-state index contributed by atoms with van der Waals surface area (Å²) in [7, 11) is 0. The first kappa shape index (κ1) is 14.9. The molecular formula is C17H27NS. The van der Waals surface area contributed by atoms with Crippen LogP contribution in [-0.2, 0) is 0 Å². The van der Waals surface area contributed by atoms with Gasteiger partial charge in [0, 0.05) is 17.0 Å². The van der Waals surface area contributed by atoms with Crippen molar-refractivity contribution in [2.24, 2.45) is 5.92 Å². The van der Waals surface area contributed by atoms with Gasteiger partial charge < -0.3 is 5.32 Å². The number of thioether (sulfide) groups is 1. The zero-order valence-corrected chi connectivity index (χ0v) is 13.3. The maximum atomic E-state index is 3.86. The Morgan fingerprint density at radius 2 is 1.79 bits per heavy atom. The summed E-state index contributed by atoms with van der Waals surface area (Å²) < 4.78 is 0. The molecular weight excluding hydrogens is 250 g/mol. The summed E-state index contributed by atoms with van der Waals surface area (Å²) in [4.78, 5) is 1.35. The van der Waals surface area contributed by atoms with E-state index in [2.05, 4.69) is 49.7 Å². The van der Waals surface area contributed by atoms with Gasteiger partial charge >= 0.3 is 0 Å². The van der Waals surface area contributed by atoms with E-state index in [-0.39, 0.29) is 0 Å². The molecule has 1 aliphatic carbocycles. The molecule has 2 rings (SSSR count). The van der Waals surface area contributed by atoms with Gasteiger partial charge in [-0.05, 0) is 49.6 Å². The van der Waals surface area contributed by atoms with Crippen LogP contribution in [0.25, 0.3) is 0 Å². The Hall–Kier alpha value is -0.470. The number of rotatable bonds is 4. The van der Waals surface area contributed by atoms with E-state index in [0.29, 0.717) is 12.1 Å². The standard InChI is InChI=1S/C17H27NS/c1-13-7-5-4-6-8-17(13)18-14(2)15-9-11-16(19-3)12-10-15/h9-14,17-18H,4-8H2,1-3H3. The Kier molecular flexibility index (Phi) is 5.77. The fourth-order valence-electron chi connectivity index (χ4n) is 3.05. The Balaban J connectivity index is 1.96. The van der Waals surface area contributed by atoms with Gasteiger partial charge in [0.2, 0.25) is 0 Å². The maximum Gasteiger partial charge on any atom is 0.0294 e. The topological polar surface area (TPSA) is 12.0 Å². The summed E-state index contributed by atoms with van der Waals surface area (Å²) in [6, 6.07) is 10.2. The third kappa shape index (κ3) is 4.25. The molecule has 1 saturated carbocycles. The molecule has 106 valence electrons. The summed E-state index contributed by atoms with van der Waals surface area (Å²) >= 11 is 1.81. The number of hydrogen-bond acceptors (Lipinski definition) is 2. The van der Waals surface area contributed by atoms with Crippen molar-refractivity contribution in [2.45, 2.75) is 62.9 Å². The Labute approximate surface area is 122 Å². The van der Waals surface area contributed by atoms with Crippen LogP contribution in [0.3, 0.4) is 0 Å². The summed E-state index contributed by atoms with van der Waals surface area (Å²) in [5.74, 6) is 0.815. The van der Waals surface area contributed by atoms with E-state index in [0.717, 1.165) is 5.92 Å². The summed E-state index contributed by atoms with van der Waals surface area (Å²) in [5, 5.41) is 3.86. The monoisotopic (exact) mass is 277 g/mol. The molecule has 0 bridgehead atoms. The van der Waals surface area contributed by atoms with Crippen LogP contribution >= 0.6 is 11.8 Å².